The van der Waals surface area contributed by atoms with E-state index in [2.05, 4.69) is 9.98 Å². The summed E-state index contributed by atoms with van der Waals surface area (Å²) in [6.07, 6.45) is 5.03. The predicted octanol–water partition coefficient (Wildman–Crippen LogP) is -2.66. The first-order valence-corrected chi connectivity index (χ1v) is 4.17. The number of nitrogens with one attached hydrogen (secondary N) is 1. The molecule has 1 rings (SSSR count). The third-order valence-corrected chi connectivity index (χ3v) is 1.22. The summed E-state index contributed by atoms with van der Waals surface area (Å²) in [6, 6.07) is -1.09. The van der Waals surface area contributed by atoms with Crippen molar-refractivity contribution in [3.05, 3.63) is 29.5 Å². The summed E-state index contributed by atoms with van der Waals surface area (Å²) < 4.78 is 0. The summed E-state index contributed by atoms with van der Waals surface area (Å²) in [6.45, 7) is 1.25. The Bertz CT molecular complexity index is 343. The van der Waals surface area contributed by atoms with E-state index in [0.29, 0.717) is 5.70 Å². The number of hydrogen-bond acceptors (Lipinski definition) is 6. The second-order valence-electron chi connectivity index (χ2n) is 2.64. The Balaban J connectivity index is 0. The van der Waals surface area contributed by atoms with E-state index in [9.17, 15) is 20.1 Å². The maximum absolute atomic E-state index is 9.85. The van der Waals surface area contributed by atoms with Crippen molar-refractivity contribution in [2.24, 2.45) is 9.98 Å². The van der Waals surface area contributed by atoms with E-state index in [-0.39, 0.29) is 17.1 Å². The van der Waals surface area contributed by atoms with Crippen LogP contribution in [0.2, 0.25) is 0 Å². The molecule has 0 unspecified atom stereocenters. The number of carbonyl (C=O) groups excluding carboxylic acids is 1. The molecule has 8 heteroatoms. The van der Waals surface area contributed by atoms with Gasteiger partial charge in [0.05, 0.1) is 11.9 Å². The number of hydrogen-bond donors (Lipinski definition) is 0. The number of allylic oxidation sites excluding steroid dienone is 3. The molecule has 0 aromatic carbocycles. The number of aliphatic imine (C=N–C) groups is 2. The van der Waals surface area contributed by atoms with Gasteiger partial charge in [-0.25, -0.2) is 15.9 Å². The number of carboxylic acids is 1. The van der Waals surface area contributed by atoms with Crippen LogP contribution in [-0.2, 0) is 4.79 Å². The van der Waals surface area contributed by atoms with E-state index >= 15 is 0 Å². The molecule has 1 atom stereocenters. The smallest absolute Gasteiger partial charge is 0.884 e. The van der Waals surface area contributed by atoms with Gasteiger partial charge in [-0.15, -0.1) is 6.04 Å². The zero-order chi connectivity index (χ0) is 12.6. The van der Waals surface area contributed by atoms with Crippen LogP contribution in [0.15, 0.2) is 33.8 Å². The quantitative estimate of drug-likeness (QED) is 0.406. The van der Waals surface area contributed by atoms with E-state index in [1.807, 2.05) is 0 Å². The third-order valence-electron chi connectivity index (χ3n) is 1.22. The van der Waals surface area contributed by atoms with E-state index < -0.39 is 18.0 Å². The van der Waals surface area contributed by atoms with Gasteiger partial charge in [-0.3, -0.25) is 0 Å². The molecule has 0 amide bonds. The van der Waals surface area contributed by atoms with Gasteiger partial charge < -0.3 is 25.8 Å². The number of nitrogens with zero attached hydrogens (tertiary/aromatic N) is 2. The molecule has 2 radical (unpaired) electrons. The molecule has 1 heterocycles. The average molecular weight is 302 g/mol. The van der Waals surface area contributed by atoms with Gasteiger partial charge in [-0.05, 0) is 6.08 Å². The van der Waals surface area contributed by atoms with Crippen molar-refractivity contribution in [2.45, 2.75) is 13.0 Å². The summed E-state index contributed by atoms with van der Waals surface area (Å²) >= 11 is 0. The van der Waals surface area contributed by atoms with Gasteiger partial charge in [0.25, 0.3) is 0 Å². The van der Waals surface area contributed by atoms with Crippen LogP contribution in [0.25, 0.3) is 5.73 Å². The number of carbonyl (C=O) groups is 1. The maximum atomic E-state index is 9.85. The Hall–Kier alpha value is -1.63. The zero-order valence-corrected chi connectivity index (χ0v) is 10.5. The maximum Gasteiger partial charge on any atom is 4.00 e. The molecular weight excluding hydrogens is 293 g/mol. The summed E-state index contributed by atoms with van der Waals surface area (Å²) in [5, 5.41) is 29.1. The number of aliphatic carboxylic acids is 1. The molecule has 7 nitrogen and oxygen atoms in total. The minimum absolute atomic E-state index is 0. The standard InChI is InChI=1S/C6H6N2O2.C3H6NO2.Se/c9-6(10)2-1-5-3-7-4-8-5;1-2(4)3(5)6;/h1-4,9-10H;2,4H,1H3,(H,5,6);/q;-1;+4/p-3/b5-1-;;/t;2-;/m.0./s1. The van der Waals surface area contributed by atoms with Gasteiger partial charge in [0.1, 0.15) is 6.34 Å². The van der Waals surface area contributed by atoms with Crippen molar-refractivity contribution in [3.63, 3.8) is 0 Å². The largest absolute Gasteiger partial charge is 4.00 e. The Kier molecular flexibility index (Phi) is 10.0. The van der Waals surface area contributed by atoms with Crippen LogP contribution < -0.4 is 15.3 Å². The molecule has 1 aliphatic heterocycles. The van der Waals surface area contributed by atoms with Crippen LogP contribution in [0.5, 0.6) is 0 Å². The first-order chi connectivity index (χ1) is 7.43. The molecule has 1 aliphatic rings. The van der Waals surface area contributed by atoms with Crippen LogP contribution in [0, 0.1) is 0 Å². The van der Waals surface area contributed by atoms with Crippen LogP contribution in [0.3, 0.4) is 0 Å². The minimum atomic E-state index is -1.32. The molecule has 0 saturated heterocycles. The Morgan fingerprint density at radius 2 is 2.00 bits per heavy atom. The third kappa shape index (κ3) is 10.6. The van der Waals surface area contributed by atoms with Crippen molar-refractivity contribution >= 4 is 35.6 Å². The second-order valence-corrected chi connectivity index (χ2v) is 2.64. The molecule has 1 N–H and O–H groups in total. The molecule has 17 heavy (non-hydrogen) atoms. The Morgan fingerprint density at radius 1 is 1.47 bits per heavy atom. The SMILES string of the molecule is C[C@H]([NH-])C(=O)[O-].[O-]C([O-])=C/C=C1/C=NC=N1.[Se+4]. The fourth-order valence-electron chi connectivity index (χ4n) is 0.483. The molecule has 90 valence electrons. The molecule has 0 fully saturated rings. The molecule has 0 saturated carbocycles. The van der Waals surface area contributed by atoms with E-state index in [4.69, 9.17) is 5.73 Å². The average Bonchev–Trinajstić information content (AvgIpc) is 2.67. The van der Waals surface area contributed by atoms with Gasteiger partial charge in [-0.1, -0.05) is 13.0 Å². The molecule has 0 aromatic rings. The topological polar surface area (TPSA) is 135 Å². The predicted molar refractivity (Wildman–Crippen MR) is 57.7 cm³/mol. The fraction of sp³-hybridized carbons (Fsp3) is 0.222. The second kappa shape index (κ2) is 9.59. The normalized spacial score (nSPS) is 15.5. The van der Waals surface area contributed by atoms with E-state index in [0.717, 1.165) is 6.08 Å². The summed E-state index contributed by atoms with van der Waals surface area (Å²) in [7, 11) is 0. The van der Waals surface area contributed by atoms with Crippen molar-refractivity contribution < 1.29 is 20.1 Å². The van der Waals surface area contributed by atoms with Crippen molar-refractivity contribution in [1.29, 1.82) is 0 Å². The van der Waals surface area contributed by atoms with Crippen LogP contribution in [-0.4, -0.2) is 41.6 Å². The molecular formula is C9H9N3O4Se. The van der Waals surface area contributed by atoms with Crippen molar-refractivity contribution in [3.8, 4) is 0 Å². The van der Waals surface area contributed by atoms with Crippen molar-refractivity contribution in [2.75, 3.05) is 0 Å². The van der Waals surface area contributed by atoms with Crippen LogP contribution in [0.4, 0.5) is 0 Å². The number of carboxylic acid groups (broad SMARTS) is 1. The van der Waals surface area contributed by atoms with E-state index in [1.54, 1.807) is 0 Å². The minimum Gasteiger partial charge on any atom is -0.884 e. The van der Waals surface area contributed by atoms with Gasteiger partial charge in [0.2, 0.25) is 0 Å². The van der Waals surface area contributed by atoms with Gasteiger partial charge >= 0.3 is 17.1 Å². The number of rotatable bonds is 2. The Labute approximate surface area is 109 Å². The molecule has 0 bridgehead atoms. The first-order valence-electron chi connectivity index (χ1n) is 4.17. The van der Waals surface area contributed by atoms with Gasteiger partial charge in [-0.2, -0.15) is 0 Å². The van der Waals surface area contributed by atoms with Gasteiger partial charge in [0, 0.05) is 5.97 Å². The van der Waals surface area contributed by atoms with Gasteiger partial charge in [0.15, 0.2) is 0 Å². The summed E-state index contributed by atoms with van der Waals surface area (Å²) in [4.78, 5) is 16.7. The zero-order valence-electron chi connectivity index (χ0n) is 8.82. The first kappa shape index (κ1) is 17.8. The Morgan fingerprint density at radius 3 is 2.29 bits per heavy atom. The summed E-state index contributed by atoms with van der Waals surface area (Å²) in [5.41, 5.74) is 6.89. The van der Waals surface area contributed by atoms with Crippen molar-refractivity contribution in [1.82, 2.24) is 0 Å². The summed E-state index contributed by atoms with van der Waals surface area (Å²) in [5.74, 6) is -2.56. The molecule has 0 aromatic heterocycles. The molecule has 0 spiro atoms. The van der Waals surface area contributed by atoms with Crippen LogP contribution >= 0.6 is 0 Å². The molecule has 0 aliphatic carbocycles. The van der Waals surface area contributed by atoms with E-state index in [1.165, 1.54) is 25.6 Å². The van der Waals surface area contributed by atoms with Crippen LogP contribution in [0.1, 0.15) is 6.92 Å². The fourth-order valence-corrected chi connectivity index (χ4v) is 0.483. The monoisotopic (exact) mass is 303 g/mol.